The minimum atomic E-state index is -0.976. The number of benzene rings is 1. The van der Waals surface area contributed by atoms with Crippen LogP contribution in [0.4, 0.5) is 0 Å². The Kier molecular flexibility index (Phi) is 4.74. The zero-order valence-corrected chi connectivity index (χ0v) is 15.3. The summed E-state index contributed by atoms with van der Waals surface area (Å²) < 4.78 is 6.94. The van der Waals surface area contributed by atoms with Gasteiger partial charge in [-0.1, -0.05) is 23.4 Å². The van der Waals surface area contributed by atoms with Gasteiger partial charge in [-0.05, 0) is 19.1 Å². The number of aromatic nitrogens is 4. The second-order valence-electron chi connectivity index (χ2n) is 6.61. The number of para-hydroxylation sites is 1. The quantitative estimate of drug-likeness (QED) is 0.728. The number of nitrogens with zero attached hydrogens (tertiary/aromatic N) is 5. The summed E-state index contributed by atoms with van der Waals surface area (Å²) in [5, 5.41) is 18.3. The van der Waals surface area contributed by atoms with Crippen molar-refractivity contribution in [2.45, 2.75) is 19.4 Å². The van der Waals surface area contributed by atoms with E-state index in [1.165, 1.54) is 4.90 Å². The highest BCUT2D eigenvalue weighted by atomic mass is 16.5. The average molecular weight is 381 g/mol. The first-order valence-corrected chi connectivity index (χ1v) is 8.93. The van der Waals surface area contributed by atoms with Gasteiger partial charge < -0.3 is 14.7 Å². The van der Waals surface area contributed by atoms with E-state index in [0.29, 0.717) is 18.8 Å². The number of ether oxygens (including phenoxy) is 1. The van der Waals surface area contributed by atoms with E-state index < -0.39 is 12.0 Å². The van der Waals surface area contributed by atoms with Crippen LogP contribution in [0, 0.1) is 6.92 Å². The molecule has 1 atom stereocenters. The van der Waals surface area contributed by atoms with Gasteiger partial charge in [-0.2, -0.15) is 0 Å². The van der Waals surface area contributed by atoms with Gasteiger partial charge in [-0.25, -0.2) is 4.68 Å². The Labute approximate surface area is 160 Å². The molecule has 1 aliphatic heterocycles. The number of carboxylic acids is 1. The van der Waals surface area contributed by atoms with Crippen LogP contribution >= 0.6 is 0 Å². The molecule has 3 aromatic rings. The molecule has 1 saturated heterocycles. The van der Waals surface area contributed by atoms with Crippen molar-refractivity contribution in [3.8, 4) is 5.69 Å². The highest BCUT2D eigenvalue weighted by molar-refractivity contribution is 5.94. The van der Waals surface area contributed by atoms with E-state index in [0.717, 1.165) is 16.6 Å². The lowest BCUT2D eigenvalue weighted by molar-refractivity contribution is -0.139. The summed E-state index contributed by atoms with van der Waals surface area (Å²) in [7, 11) is 0. The van der Waals surface area contributed by atoms with Crippen LogP contribution in [-0.4, -0.2) is 67.7 Å². The third-order valence-corrected chi connectivity index (χ3v) is 4.84. The molecular weight excluding hydrogens is 362 g/mol. The molecule has 1 aromatic carbocycles. The molecule has 144 valence electrons. The van der Waals surface area contributed by atoms with Crippen LogP contribution in [0.3, 0.4) is 0 Å². The summed E-state index contributed by atoms with van der Waals surface area (Å²) in [6, 6.07) is 9.00. The number of carbonyl (C=O) groups excluding carboxylic acids is 1. The van der Waals surface area contributed by atoms with E-state index >= 15 is 0 Å². The van der Waals surface area contributed by atoms with Crippen LogP contribution in [0.2, 0.25) is 0 Å². The molecule has 2 aromatic heterocycles. The Balaban J connectivity index is 1.70. The van der Waals surface area contributed by atoms with Crippen molar-refractivity contribution in [1.82, 2.24) is 24.9 Å². The van der Waals surface area contributed by atoms with Crippen molar-refractivity contribution < 1.29 is 19.4 Å². The van der Waals surface area contributed by atoms with Gasteiger partial charge in [-0.15, -0.1) is 5.10 Å². The fourth-order valence-electron chi connectivity index (χ4n) is 3.44. The third kappa shape index (κ3) is 3.20. The molecule has 9 heteroatoms. The molecule has 3 heterocycles. The lowest BCUT2D eigenvalue weighted by Crippen LogP contribution is -2.49. The molecule has 28 heavy (non-hydrogen) atoms. The Bertz CT molecular complexity index is 1040. The van der Waals surface area contributed by atoms with E-state index in [4.69, 9.17) is 9.84 Å². The van der Waals surface area contributed by atoms with Gasteiger partial charge >= 0.3 is 5.97 Å². The van der Waals surface area contributed by atoms with Gasteiger partial charge in [0, 0.05) is 18.1 Å². The topological polar surface area (TPSA) is 110 Å². The van der Waals surface area contributed by atoms with Crippen molar-refractivity contribution in [1.29, 1.82) is 0 Å². The van der Waals surface area contributed by atoms with Crippen LogP contribution in [0.1, 0.15) is 22.6 Å². The number of amides is 1. The number of rotatable bonds is 4. The summed E-state index contributed by atoms with van der Waals surface area (Å²) in [6.45, 7) is 2.64. The summed E-state index contributed by atoms with van der Waals surface area (Å²) >= 11 is 0. The zero-order chi connectivity index (χ0) is 19.7. The molecule has 1 fully saturated rings. The predicted octanol–water partition coefficient (Wildman–Crippen LogP) is 1.44. The van der Waals surface area contributed by atoms with Crippen molar-refractivity contribution in [3.63, 3.8) is 0 Å². The molecule has 1 amide bonds. The van der Waals surface area contributed by atoms with Gasteiger partial charge in [-0.3, -0.25) is 14.6 Å². The summed E-state index contributed by atoms with van der Waals surface area (Å²) in [5.74, 6) is -1.32. The molecule has 0 spiro atoms. The zero-order valence-electron chi connectivity index (χ0n) is 15.3. The van der Waals surface area contributed by atoms with E-state index in [1.807, 2.05) is 30.3 Å². The maximum absolute atomic E-state index is 13.1. The van der Waals surface area contributed by atoms with Crippen molar-refractivity contribution in [3.05, 3.63) is 47.9 Å². The largest absolute Gasteiger partial charge is 0.481 e. The standard InChI is InChI=1S/C19H19N5O4/c1-12-17(19(27)23-8-9-28-11-14(23)10-16(25)26)21-22-24(12)15-6-2-4-13-5-3-7-20-18(13)15/h2-7,14H,8-11H2,1H3,(H,25,26). The van der Waals surface area contributed by atoms with Gasteiger partial charge in [0.1, 0.15) is 0 Å². The number of pyridine rings is 1. The summed E-state index contributed by atoms with van der Waals surface area (Å²) in [5.41, 5.74) is 2.26. The number of carboxylic acid groups (broad SMARTS) is 1. The number of aliphatic carboxylic acids is 1. The van der Waals surface area contributed by atoms with E-state index in [-0.39, 0.29) is 24.6 Å². The lowest BCUT2D eigenvalue weighted by atomic mass is 10.1. The first kappa shape index (κ1) is 18.1. The molecule has 0 bridgehead atoms. The second kappa shape index (κ2) is 7.35. The van der Waals surface area contributed by atoms with Crippen LogP contribution in [0.15, 0.2) is 36.5 Å². The van der Waals surface area contributed by atoms with Crippen molar-refractivity contribution in [2.24, 2.45) is 0 Å². The highest BCUT2D eigenvalue weighted by Gasteiger charge is 2.32. The molecule has 1 N–H and O–H groups in total. The van der Waals surface area contributed by atoms with E-state index in [1.54, 1.807) is 17.8 Å². The lowest BCUT2D eigenvalue weighted by Gasteiger charge is -2.34. The van der Waals surface area contributed by atoms with Crippen LogP contribution in [0.25, 0.3) is 16.6 Å². The van der Waals surface area contributed by atoms with Crippen molar-refractivity contribution >= 4 is 22.8 Å². The molecular formula is C19H19N5O4. The minimum Gasteiger partial charge on any atom is -0.481 e. The van der Waals surface area contributed by atoms with Gasteiger partial charge in [0.05, 0.1) is 42.6 Å². The molecule has 0 saturated carbocycles. The maximum atomic E-state index is 13.1. The number of fused-ring (bicyclic) bond motifs is 1. The Morgan fingerprint density at radius 2 is 2.11 bits per heavy atom. The molecule has 1 unspecified atom stereocenters. The Morgan fingerprint density at radius 1 is 1.29 bits per heavy atom. The van der Waals surface area contributed by atoms with E-state index in [9.17, 15) is 9.59 Å². The predicted molar refractivity (Wildman–Crippen MR) is 99.3 cm³/mol. The normalized spacial score (nSPS) is 17.0. The van der Waals surface area contributed by atoms with Gasteiger partial charge in [0.15, 0.2) is 5.69 Å². The fraction of sp³-hybridized carbons (Fsp3) is 0.316. The number of carbonyl (C=O) groups is 2. The Morgan fingerprint density at radius 3 is 2.93 bits per heavy atom. The molecule has 0 aliphatic carbocycles. The fourth-order valence-corrected chi connectivity index (χ4v) is 3.44. The molecule has 1 aliphatic rings. The van der Waals surface area contributed by atoms with Crippen LogP contribution in [0.5, 0.6) is 0 Å². The Hall–Kier alpha value is -3.33. The number of hydrogen-bond donors (Lipinski definition) is 1. The van der Waals surface area contributed by atoms with Crippen LogP contribution in [-0.2, 0) is 9.53 Å². The maximum Gasteiger partial charge on any atom is 0.305 e. The SMILES string of the molecule is Cc1c(C(=O)N2CCOCC2CC(=O)O)nnn1-c1cccc2cccnc12. The van der Waals surface area contributed by atoms with Crippen molar-refractivity contribution in [2.75, 3.05) is 19.8 Å². The molecule has 4 rings (SSSR count). The van der Waals surface area contributed by atoms with Gasteiger partial charge in [0.2, 0.25) is 0 Å². The second-order valence-corrected chi connectivity index (χ2v) is 6.61. The monoisotopic (exact) mass is 381 g/mol. The molecule has 0 radical (unpaired) electrons. The van der Waals surface area contributed by atoms with Crippen LogP contribution < -0.4 is 0 Å². The minimum absolute atomic E-state index is 0.174. The van der Waals surface area contributed by atoms with Gasteiger partial charge in [0.25, 0.3) is 5.91 Å². The average Bonchev–Trinajstić information content (AvgIpc) is 3.08. The highest BCUT2D eigenvalue weighted by Crippen LogP contribution is 2.22. The summed E-state index contributed by atoms with van der Waals surface area (Å²) in [6.07, 6.45) is 1.53. The first-order chi connectivity index (χ1) is 13.6. The van der Waals surface area contributed by atoms with E-state index in [2.05, 4.69) is 15.3 Å². The smallest absolute Gasteiger partial charge is 0.305 e. The first-order valence-electron chi connectivity index (χ1n) is 8.93. The number of hydrogen-bond acceptors (Lipinski definition) is 6. The number of morpholine rings is 1. The molecule has 9 nitrogen and oxygen atoms in total. The third-order valence-electron chi connectivity index (χ3n) is 4.84. The summed E-state index contributed by atoms with van der Waals surface area (Å²) in [4.78, 5) is 30.1.